The molecule has 0 bridgehead atoms. The van der Waals surface area contributed by atoms with Crippen LogP contribution in [0.25, 0.3) is 0 Å². The van der Waals surface area contributed by atoms with Gasteiger partial charge < -0.3 is 25.0 Å². The van der Waals surface area contributed by atoms with Crippen molar-refractivity contribution in [1.29, 1.82) is 0 Å². The van der Waals surface area contributed by atoms with Gasteiger partial charge in [-0.3, -0.25) is 14.4 Å². The molecule has 1 heterocycles. The Hall–Kier alpha value is -2.77. The first-order valence-electron chi connectivity index (χ1n) is 10.6. The predicted molar refractivity (Wildman–Crippen MR) is 113 cm³/mol. The lowest BCUT2D eigenvalue weighted by molar-refractivity contribution is -0.126. The lowest BCUT2D eigenvalue weighted by Crippen LogP contribution is -2.39. The predicted octanol–water partition coefficient (Wildman–Crippen LogP) is 2.01. The van der Waals surface area contributed by atoms with Gasteiger partial charge in [0.25, 0.3) is 0 Å². The van der Waals surface area contributed by atoms with Crippen LogP contribution in [0.2, 0.25) is 0 Å². The summed E-state index contributed by atoms with van der Waals surface area (Å²) < 4.78 is 10.6. The van der Waals surface area contributed by atoms with Gasteiger partial charge in [0.05, 0.1) is 25.8 Å². The zero-order chi connectivity index (χ0) is 21.5. The Balaban J connectivity index is 1.50. The standard InChI is InChI=1S/C22H31N3O5/c1-29-17-8-9-19(30-2)18(13-17)25-14-15(12-21(25)27)22(28)23-11-10-20(26)24-16-6-4-3-5-7-16/h8-9,13,15-16H,3-7,10-12,14H2,1-2H3,(H,23,28)(H,24,26). The number of nitrogens with zero attached hydrogens (tertiary/aromatic N) is 1. The molecule has 3 rings (SSSR count). The van der Waals surface area contributed by atoms with Crippen molar-refractivity contribution in [2.75, 3.05) is 32.2 Å². The Kier molecular flexibility index (Phi) is 7.54. The normalized spacial score (nSPS) is 19.5. The molecule has 8 nitrogen and oxygen atoms in total. The lowest BCUT2D eigenvalue weighted by Gasteiger charge is -2.22. The Morgan fingerprint density at radius 2 is 1.90 bits per heavy atom. The van der Waals surface area contributed by atoms with Crippen molar-refractivity contribution in [3.63, 3.8) is 0 Å². The zero-order valence-electron chi connectivity index (χ0n) is 17.7. The molecule has 1 aromatic carbocycles. The van der Waals surface area contributed by atoms with Crippen LogP contribution in [0, 0.1) is 5.92 Å². The minimum Gasteiger partial charge on any atom is -0.497 e. The molecule has 1 saturated heterocycles. The van der Waals surface area contributed by atoms with Crippen LogP contribution in [0.4, 0.5) is 5.69 Å². The number of carbonyl (C=O) groups is 3. The molecule has 0 aromatic heterocycles. The van der Waals surface area contributed by atoms with Crippen LogP contribution in [0.1, 0.15) is 44.9 Å². The van der Waals surface area contributed by atoms with E-state index in [0.29, 0.717) is 17.2 Å². The van der Waals surface area contributed by atoms with Crippen molar-refractivity contribution in [3.8, 4) is 11.5 Å². The van der Waals surface area contributed by atoms with E-state index in [4.69, 9.17) is 9.47 Å². The van der Waals surface area contributed by atoms with Crippen molar-refractivity contribution in [2.45, 2.75) is 51.0 Å². The molecule has 1 saturated carbocycles. The van der Waals surface area contributed by atoms with Crippen molar-refractivity contribution in [2.24, 2.45) is 5.92 Å². The number of amides is 3. The second kappa shape index (κ2) is 10.3. The number of anilines is 1. The van der Waals surface area contributed by atoms with E-state index >= 15 is 0 Å². The average Bonchev–Trinajstić information content (AvgIpc) is 3.15. The number of methoxy groups -OCH3 is 2. The second-order valence-electron chi connectivity index (χ2n) is 7.89. The largest absolute Gasteiger partial charge is 0.497 e. The number of nitrogens with one attached hydrogen (secondary N) is 2. The van der Waals surface area contributed by atoms with E-state index in [1.54, 1.807) is 30.2 Å². The molecule has 2 N–H and O–H groups in total. The van der Waals surface area contributed by atoms with Crippen LogP contribution in [0.5, 0.6) is 11.5 Å². The minimum atomic E-state index is -0.463. The molecular formula is C22H31N3O5. The molecule has 1 aromatic rings. The van der Waals surface area contributed by atoms with Gasteiger partial charge in [0, 0.05) is 38.0 Å². The average molecular weight is 418 g/mol. The van der Waals surface area contributed by atoms with E-state index in [9.17, 15) is 14.4 Å². The Morgan fingerprint density at radius 1 is 1.13 bits per heavy atom. The number of carbonyl (C=O) groups excluding carboxylic acids is 3. The van der Waals surface area contributed by atoms with Crippen molar-refractivity contribution in [1.82, 2.24) is 10.6 Å². The smallest absolute Gasteiger partial charge is 0.227 e. The van der Waals surface area contributed by atoms with E-state index in [1.165, 1.54) is 13.5 Å². The minimum absolute atomic E-state index is 0.0348. The molecule has 1 atom stereocenters. The van der Waals surface area contributed by atoms with E-state index in [-0.39, 0.29) is 49.7 Å². The summed E-state index contributed by atoms with van der Waals surface area (Å²) in [5, 5.41) is 5.84. The highest BCUT2D eigenvalue weighted by Crippen LogP contribution is 2.36. The van der Waals surface area contributed by atoms with Gasteiger partial charge in [-0.1, -0.05) is 19.3 Å². The number of rotatable bonds is 8. The van der Waals surface area contributed by atoms with E-state index in [1.807, 2.05) is 0 Å². The zero-order valence-corrected chi connectivity index (χ0v) is 17.7. The first-order chi connectivity index (χ1) is 14.5. The fourth-order valence-corrected chi connectivity index (χ4v) is 4.11. The summed E-state index contributed by atoms with van der Waals surface area (Å²) >= 11 is 0. The first-order valence-corrected chi connectivity index (χ1v) is 10.6. The number of hydrogen-bond acceptors (Lipinski definition) is 5. The number of hydrogen-bond donors (Lipinski definition) is 2. The fourth-order valence-electron chi connectivity index (χ4n) is 4.11. The quantitative estimate of drug-likeness (QED) is 0.674. The Bertz CT molecular complexity index is 776. The maximum absolute atomic E-state index is 12.5. The summed E-state index contributed by atoms with van der Waals surface area (Å²) in [5.74, 6) is 0.303. The molecule has 1 aliphatic carbocycles. The maximum atomic E-state index is 12.5. The molecule has 2 aliphatic rings. The summed E-state index contributed by atoms with van der Waals surface area (Å²) in [6.07, 6.45) is 5.99. The first kappa shape index (κ1) is 21.9. The molecule has 30 heavy (non-hydrogen) atoms. The third kappa shape index (κ3) is 5.43. The molecule has 0 spiro atoms. The van der Waals surface area contributed by atoms with Crippen LogP contribution in [0.3, 0.4) is 0 Å². The fraction of sp³-hybridized carbons (Fsp3) is 0.591. The summed E-state index contributed by atoms with van der Waals surface area (Å²) in [6, 6.07) is 5.48. The number of benzene rings is 1. The van der Waals surface area contributed by atoms with Gasteiger partial charge in [0.2, 0.25) is 17.7 Å². The van der Waals surface area contributed by atoms with Crippen LogP contribution in [-0.4, -0.2) is 51.1 Å². The highest BCUT2D eigenvalue weighted by molar-refractivity contribution is 6.01. The van der Waals surface area contributed by atoms with Crippen LogP contribution in [0.15, 0.2) is 18.2 Å². The molecule has 3 amide bonds. The van der Waals surface area contributed by atoms with Gasteiger partial charge in [-0.2, -0.15) is 0 Å². The molecular weight excluding hydrogens is 386 g/mol. The molecule has 164 valence electrons. The third-order valence-electron chi connectivity index (χ3n) is 5.79. The highest BCUT2D eigenvalue weighted by Gasteiger charge is 2.36. The van der Waals surface area contributed by atoms with Crippen LogP contribution in [-0.2, 0) is 14.4 Å². The Morgan fingerprint density at radius 3 is 2.60 bits per heavy atom. The Labute approximate surface area is 177 Å². The van der Waals surface area contributed by atoms with Gasteiger partial charge in [-0.25, -0.2) is 0 Å². The molecule has 1 aliphatic heterocycles. The molecule has 0 radical (unpaired) electrons. The maximum Gasteiger partial charge on any atom is 0.227 e. The van der Waals surface area contributed by atoms with Gasteiger partial charge in [-0.15, -0.1) is 0 Å². The van der Waals surface area contributed by atoms with Crippen LogP contribution < -0.4 is 25.0 Å². The van der Waals surface area contributed by atoms with Gasteiger partial charge in [-0.05, 0) is 25.0 Å². The topological polar surface area (TPSA) is 97.0 Å². The second-order valence-corrected chi connectivity index (χ2v) is 7.89. The van der Waals surface area contributed by atoms with E-state index < -0.39 is 5.92 Å². The molecule has 1 unspecified atom stereocenters. The van der Waals surface area contributed by atoms with Gasteiger partial charge in [0.15, 0.2) is 0 Å². The summed E-state index contributed by atoms with van der Waals surface area (Å²) in [4.78, 5) is 38.7. The van der Waals surface area contributed by atoms with Gasteiger partial charge in [0.1, 0.15) is 11.5 Å². The van der Waals surface area contributed by atoms with E-state index in [2.05, 4.69) is 10.6 Å². The van der Waals surface area contributed by atoms with Crippen molar-refractivity contribution in [3.05, 3.63) is 18.2 Å². The summed E-state index contributed by atoms with van der Waals surface area (Å²) in [7, 11) is 3.09. The molecule has 8 heteroatoms. The van der Waals surface area contributed by atoms with Crippen molar-refractivity contribution >= 4 is 23.4 Å². The van der Waals surface area contributed by atoms with Crippen molar-refractivity contribution < 1.29 is 23.9 Å². The van der Waals surface area contributed by atoms with Gasteiger partial charge >= 0.3 is 0 Å². The van der Waals surface area contributed by atoms with Crippen LogP contribution >= 0.6 is 0 Å². The summed E-state index contributed by atoms with van der Waals surface area (Å²) in [5.41, 5.74) is 0.587. The SMILES string of the molecule is COc1ccc(OC)c(N2CC(C(=O)NCCC(=O)NC3CCCCC3)CC2=O)c1. The third-order valence-corrected chi connectivity index (χ3v) is 5.79. The monoisotopic (exact) mass is 417 g/mol. The highest BCUT2D eigenvalue weighted by atomic mass is 16.5. The van der Waals surface area contributed by atoms with E-state index in [0.717, 1.165) is 25.7 Å². The molecule has 2 fully saturated rings. The summed E-state index contributed by atoms with van der Waals surface area (Å²) in [6.45, 7) is 0.535. The number of ether oxygens (including phenoxy) is 2. The lowest BCUT2D eigenvalue weighted by atomic mass is 9.95.